The third kappa shape index (κ3) is 5.80. The quantitative estimate of drug-likeness (QED) is 0.417. The molecule has 3 amide bonds. The summed E-state index contributed by atoms with van der Waals surface area (Å²) < 4.78 is 5.68. The maximum absolute atomic E-state index is 12.2. The van der Waals surface area contributed by atoms with Crippen LogP contribution in [0.5, 0.6) is 5.75 Å². The second-order valence-corrected chi connectivity index (χ2v) is 7.73. The van der Waals surface area contributed by atoms with E-state index in [0.29, 0.717) is 5.02 Å². The van der Waals surface area contributed by atoms with E-state index in [2.05, 4.69) is 10.6 Å². The number of benzene rings is 3. The number of anilines is 1. The summed E-state index contributed by atoms with van der Waals surface area (Å²) in [4.78, 5) is 24.3. The Kier molecular flexibility index (Phi) is 7.45. The number of halogens is 4. The van der Waals surface area contributed by atoms with Crippen LogP contribution < -0.4 is 15.4 Å². The van der Waals surface area contributed by atoms with Crippen LogP contribution in [-0.4, -0.2) is 11.9 Å². The van der Waals surface area contributed by atoms with Gasteiger partial charge in [-0.1, -0.05) is 70.7 Å². The van der Waals surface area contributed by atoms with Crippen molar-refractivity contribution in [2.75, 3.05) is 5.32 Å². The van der Waals surface area contributed by atoms with Gasteiger partial charge in [0.25, 0.3) is 5.91 Å². The van der Waals surface area contributed by atoms with Gasteiger partial charge >= 0.3 is 6.03 Å². The van der Waals surface area contributed by atoms with E-state index in [9.17, 15) is 9.59 Å². The van der Waals surface area contributed by atoms with E-state index in [1.165, 1.54) is 18.2 Å². The predicted octanol–water partition coefficient (Wildman–Crippen LogP) is 6.84. The molecule has 0 aliphatic carbocycles. The summed E-state index contributed by atoms with van der Waals surface area (Å²) in [6.07, 6.45) is 0. The first kappa shape index (κ1) is 22.2. The number of rotatable bonds is 5. The average Bonchev–Trinajstić information content (AvgIpc) is 2.69. The van der Waals surface area contributed by atoms with Crippen LogP contribution in [0.25, 0.3) is 0 Å². The van der Waals surface area contributed by atoms with Gasteiger partial charge in [0.15, 0.2) is 5.75 Å². The van der Waals surface area contributed by atoms with Crippen LogP contribution in [-0.2, 0) is 6.61 Å². The van der Waals surface area contributed by atoms with Crippen LogP contribution in [0, 0.1) is 0 Å². The van der Waals surface area contributed by atoms with Crippen molar-refractivity contribution in [1.82, 2.24) is 5.32 Å². The molecule has 0 radical (unpaired) electrons. The van der Waals surface area contributed by atoms with Gasteiger partial charge in [0.1, 0.15) is 6.61 Å². The van der Waals surface area contributed by atoms with Crippen LogP contribution in [0.2, 0.25) is 20.1 Å². The van der Waals surface area contributed by atoms with Gasteiger partial charge in [-0.05, 0) is 42.0 Å². The van der Waals surface area contributed by atoms with Crippen molar-refractivity contribution in [3.8, 4) is 5.75 Å². The van der Waals surface area contributed by atoms with Crippen LogP contribution >= 0.6 is 46.4 Å². The molecule has 9 heteroatoms. The van der Waals surface area contributed by atoms with Gasteiger partial charge in [-0.15, -0.1) is 0 Å². The topological polar surface area (TPSA) is 67.4 Å². The molecule has 0 saturated heterocycles. The Balaban J connectivity index is 1.64. The molecule has 0 fully saturated rings. The monoisotopic (exact) mass is 482 g/mol. The number of ether oxygens (including phenoxy) is 1. The van der Waals surface area contributed by atoms with Crippen LogP contribution in [0.1, 0.15) is 15.9 Å². The molecule has 0 saturated carbocycles. The number of hydrogen-bond acceptors (Lipinski definition) is 3. The molecule has 2 N–H and O–H groups in total. The normalized spacial score (nSPS) is 10.4. The van der Waals surface area contributed by atoms with Crippen LogP contribution in [0.4, 0.5) is 10.5 Å². The maximum atomic E-state index is 12.2. The molecule has 0 spiro atoms. The number of amides is 3. The molecule has 3 rings (SSSR count). The Morgan fingerprint density at radius 3 is 2.10 bits per heavy atom. The van der Waals surface area contributed by atoms with E-state index in [0.717, 1.165) is 5.56 Å². The number of hydrogen-bond donors (Lipinski definition) is 2. The molecule has 0 aliphatic heterocycles. The highest BCUT2D eigenvalue weighted by atomic mass is 35.5. The third-order valence-electron chi connectivity index (χ3n) is 3.90. The molecule has 0 aliphatic rings. The average molecular weight is 484 g/mol. The number of carbonyl (C=O) groups excluding carboxylic acids is 2. The highest BCUT2D eigenvalue weighted by Gasteiger charge is 2.15. The Labute approximate surface area is 192 Å². The van der Waals surface area contributed by atoms with Gasteiger partial charge in [-0.2, -0.15) is 0 Å². The predicted molar refractivity (Wildman–Crippen MR) is 120 cm³/mol. The van der Waals surface area contributed by atoms with Crippen LogP contribution in [0.3, 0.4) is 0 Å². The summed E-state index contributed by atoms with van der Waals surface area (Å²) >= 11 is 24.3. The van der Waals surface area contributed by atoms with Gasteiger partial charge in [0, 0.05) is 10.7 Å². The van der Waals surface area contributed by atoms with E-state index < -0.39 is 11.9 Å². The summed E-state index contributed by atoms with van der Waals surface area (Å²) in [5, 5.41) is 5.94. The van der Waals surface area contributed by atoms with Crippen LogP contribution in [0.15, 0.2) is 60.7 Å². The Morgan fingerprint density at radius 2 is 1.47 bits per heavy atom. The first-order valence-corrected chi connectivity index (χ1v) is 10.1. The summed E-state index contributed by atoms with van der Waals surface area (Å²) in [5.74, 6) is -0.371. The van der Waals surface area contributed by atoms with Crippen molar-refractivity contribution >= 4 is 64.0 Å². The molecule has 0 atom stereocenters. The van der Waals surface area contributed by atoms with Crippen molar-refractivity contribution in [1.29, 1.82) is 0 Å². The zero-order valence-electron chi connectivity index (χ0n) is 15.2. The fourth-order valence-corrected chi connectivity index (χ4v) is 3.43. The van der Waals surface area contributed by atoms with Gasteiger partial charge in [-0.25, -0.2) is 4.79 Å². The minimum absolute atomic E-state index is 0.177. The molecule has 0 heterocycles. The second kappa shape index (κ2) is 10.0. The van der Waals surface area contributed by atoms with Crippen molar-refractivity contribution in [3.63, 3.8) is 0 Å². The Hall–Kier alpha value is -2.44. The van der Waals surface area contributed by atoms with Crippen molar-refractivity contribution in [3.05, 3.63) is 91.9 Å². The highest BCUT2D eigenvalue weighted by molar-refractivity contribution is 6.38. The zero-order valence-corrected chi connectivity index (χ0v) is 18.2. The summed E-state index contributed by atoms with van der Waals surface area (Å²) in [6.45, 7) is 0.232. The van der Waals surface area contributed by atoms with E-state index >= 15 is 0 Å². The first-order valence-electron chi connectivity index (χ1n) is 8.56. The zero-order chi connectivity index (χ0) is 21.7. The number of carbonyl (C=O) groups is 2. The summed E-state index contributed by atoms with van der Waals surface area (Å²) in [5.41, 5.74) is 1.34. The molecule has 0 bridgehead atoms. The van der Waals surface area contributed by atoms with Crippen molar-refractivity contribution in [2.45, 2.75) is 6.61 Å². The lowest BCUT2D eigenvalue weighted by atomic mass is 10.2. The number of nitrogens with one attached hydrogen (secondary N) is 2. The molecular weight excluding hydrogens is 470 g/mol. The SMILES string of the molecule is O=C(NC(=O)c1ccccc1Cl)Nc1cc(Cl)c(OCc2ccc(Cl)cc2)c(Cl)c1. The summed E-state index contributed by atoms with van der Waals surface area (Å²) in [7, 11) is 0. The fourth-order valence-electron chi connectivity index (χ4n) is 2.48. The lowest BCUT2D eigenvalue weighted by Gasteiger charge is -2.13. The smallest absolute Gasteiger partial charge is 0.326 e. The minimum atomic E-state index is -0.762. The largest absolute Gasteiger partial charge is 0.486 e. The molecule has 0 unspecified atom stereocenters. The summed E-state index contributed by atoms with van der Waals surface area (Å²) in [6, 6.07) is 15.7. The molecule has 154 valence electrons. The van der Waals surface area contributed by atoms with Gasteiger partial charge < -0.3 is 10.1 Å². The third-order valence-corrected chi connectivity index (χ3v) is 5.04. The number of imide groups is 1. The van der Waals surface area contributed by atoms with E-state index in [4.69, 9.17) is 51.1 Å². The molecular formula is C21H14Cl4N2O3. The molecule has 0 aromatic heterocycles. The fraction of sp³-hybridized carbons (Fsp3) is 0.0476. The number of urea groups is 1. The molecule has 30 heavy (non-hydrogen) atoms. The standard InChI is InChI=1S/C21H14Cl4N2O3/c22-13-7-5-12(6-8-13)11-30-19-17(24)9-14(10-18(19)25)26-21(29)27-20(28)15-3-1-2-4-16(15)23/h1-10H,11H2,(H2,26,27,28,29). The second-order valence-electron chi connectivity index (χ2n) is 6.07. The Bertz CT molecular complexity index is 1060. The first-order chi connectivity index (χ1) is 14.3. The van der Waals surface area contributed by atoms with Gasteiger partial charge in [-0.3, -0.25) is 10.1 Å². The molecule has 5 nitrogen and oxygen atoms in total. The maximum Gasteiger partial charge on any atom is 0.326 e. The van der Waals surface area contributed by atoms with E-state index in [1.54, 1.807) is 30.3 Å². The minimum Gasteiger partial charge on any atom is -0.486 e. The Morgan fingerprint density at radius 1 is 0.833 bits per heavy atom. The van der Waals surface area contributed by atoms with E-state index in [1.807, 2.05) is 12.1 Å². The van der Waals surface area contributed by atoms with Crippen molar-refractivity contribution in [2.24, 2.45) is 0 Å². The molecule has 3 aromatic rings. The van der Waals surface area contributed by atoms with E-state index in [-0.39, 0.29) is 38.7 Å². The highest BCUT2D eigenvalue weighted by Crippen LogP contribution is 2.36. The lowest BCUT2D eigenvalue weighted by molar-refractivity contribution is 0.0967. The molecule has 3 aromatic carbocycles. The van der Waals surface area contributed by atoms with Gasteiger partial charge in [0.2, 0.25) is 0 Å². The lowest BCUT2D eigenvalue weighted by Crippen LogP contribution is -2.34. The van der Waals surface area contributed by atoms with Crippen molar-refractivity contribution < 1.29 is 14.3 Å². The van der Waals surface area contributed by atoms with Gasteiger partial charge in [0.05, 0.1) is 20.6 Å².